The van der Waals surface area contributed by atoms with E-state index in [4.69, 9.17) is 18.6 Å². The number of aromatic hydroxyl groups is 1. The van der Waals surface area contributed by atoms with Crippen molar-refractivity contribution in [1.29, 1.82) is 0 Å². The highest BCUT2D eigenvalue weighted by Crippen LogP contribution is 2.46. The van der Waals surface area contributed by atoms with E-state index in [9.17, 15) is 14.7 Å². The summed E-state index contributed by atoms with van der Waals surface area (Å²) in [7, 11) is 3.04. The average Bonchev–Trinajstić information content (AvgIpc) is 2.87. The Labute approximate surface area is 205 Å². The van der Waals surface area contributed by atoms with Crippen molar-refractivity contribution in [2.24, 2.45) is 0 Å². The molecule has 1 N–H and O–H groups in total. The Morgan fingerprint density at radius 1 is 1.00 bits per heavy atom. The number of hydrogen-bond acceptors (Lipinski definition) is 8. The molecular formula is C27H22O7S. The molecule has 0 saturated heterocycles. The number of thioether (sulfide) groups is 1. The third-order valence-corrected chi connectivity index (χ3v) is 6.93. The van der Waals surface area contributed by atoms with E-state index in [1.54, 1.807) is 30.0 Å². The first kappa shape index (κ1) is 22.9. The molecule has 5 rings (SSSR count). The summed E-state index contributed by atoms with van der Waals surface area (Å²) in [5, 5.41) is 10.8. The predicted molar refractivity (Wildman–Crippen MR) is 133 cm³/mol. The lowest BCUT2D eigenvalue weighted by atomic mass is 9.85. The molecule has 7 nitrogen and oxygen atoms in total. The van der Waals surface area contributed by atoms with Crippen molar-refractivity contribution in [3.8, 4) is 34.1 Å². The molecule has 1 aliphatic rings. The highest BCUT2D eigenvalue weighted by molar-refractivity contribution is 7.98. The second kappa shape index (κ2) is 9.03. The zero-order chi connectivity index (χ0) is 24.7. The number of rotatable bonds is 5. The van der Waals surface area contributed by atoms with Crippen LogP contribution in [0.15, 0.2) is 68.9 Å². The van der Waals surface area contributed by atoms with Crippen molar-refractivity contribution in [1.82, 2.24) is 0 Å². The van der Waals surface area contributed by atoms with Gasteiger partial charge in [0.15, 0.2) is 11.5 Å². The Morgan fingerprint density at radius 3 is 2.43 bits per heavy atom. The van der Waals surface area contributed by atoms with Crippen LogP contribution in [-0.2, 0) is 4.79 Å². The van der Waals surface area contributed by atoms with Gasteiger partial charge in [0.05, 0.1) is 26.2 Å². The third kappa shape index (κ3) is 3.89. The van der Waals surface area contributed by atoms with Crippen LogP contribution in [0.4, 0.5) is 0 Å². The maximum atomic E-state index is 13.6. The normalized spacial score (nSPS) is 14.9. The second-order valence-corrected chi connectivity index (χ2v) is 8.94. The molecule has 0 unspecified atom stereocenters. The van der Waals surface area contributed by atoms with Crippen LogP contribution in [0.2, 0.25) is 0 Å². The fourth-order valence-electron chi connectivity index (χ4n) is 4.46. The lowest BCUT2D eigenvalue weighted by molar-refractivity contribution is -0.135. The fraction of sp³-hybridized carbons (Fsp3) is 0.185. The number of methoxy groups -OCH3 is 2. The Bertz CT molecular complexity index is 1510. The van der Waals surface area contributed by atoms with Crippen LogP contribution in [0, 0.1) is 0 Å². The molecule has 0 radical (unpaired) electrons. The Kier molecular flexibility index (Phi) is 5.90. The minimum absolute atomic E-state index is 0.0275. The van der Waals surface area contributed by atoms with Crippen molar-refractivity contribution < 1.29 is 28.5 Å². The van der Waals surface area contributed by atoms with Gasteiger partial charge in [0, 0.05) is 22.4 Å². The van der Waals surface area contributed by atoms with E-state index >= 15 is 0 Å². The van der Waals surface area contributed by atoms with Crippen LogP contribution >= 0.6 is 11.8 Å². The van der Waals surface area contributed by atoms with Crippen LogP contribution in [-0.4, -0.2) is 31.6 Å². The topological polar surface area (TPSA) is 95.2 Å². The molecule has 1 aliphatic heterocycles. The fourth-order valence-corrected chi connectivity index (χ4v) is 4.86. The van der Waals surface area contributed by atoms with Gasteiger partial charge in [-0.3, -0.25) is 9.59 Å². The summed E-state index contributed by atoms with van der Waals surface area (Å²) >= 11 is 1.62. The Morgan fingerprint density at radius 2 is 1.74 bits per heavy atom. The number of carbonyl (C=O) groups is 1. The lowest BCUT2D eigenvalue weighted by Gasteiger charge is -2.26. The van der Waals surface area contributed by atoms with Gasteiger partial charge in [-0.1, -0.05) is 18.2 Å². The summed E-state index contributed by atoms with van der Waals surface area (Å²) in [6.45, 7) is 0. The van der Waals surface area contributed by atoms with Crippen molar-refractivity contribution in [3.05, 3.63) is 76.1 Å². The number of phenols is 1. The molecule has 2 heterocycles. The zero-order valence-corrected chi connectivity index (χ0v) is 20.1. The van der Waals surface area contributed by atoms with E-state index in [2.05, 4.69) is 0 Å². The van der Waals surface area contributed by atoms with Gasteiger partial charge in [-0.05, 0) is 41.6 Å². The third-order valence-electron chi connectivity index (χ3n) is 6.18. The monoisotopic (exact) mass is 490 g/mol. The largest absolute Gasteiger partial charge is 0.507 e. The van der Waals surface area contributed by atoms with Gasteiger partial charge in [0.25, 0.3) is 0 Å². The van der Waals surface area contributed by atoms with E-state index in [-0.39, 0.29) is 40.4 Å². The number of phenolic OH excluding ortho intramolecular Hbond substituents is 1. The van der Waals surface area contributed by atoms with Gasteiger partial charge in [-0.2, -0.15) is 0 Å². The van der Waals surface area contributed by atoms with Gasteiger partial charge in [-0.25, -0.2) is 0 Å². The van der Waals surface area contributed by atoms with Crippen LogP contribution in [0.1, 0.15) is 23.5 Å². The van der Waals surface area contributed by atoms with Crippen molar-refractivity contribution in [2.75, 3.05) is 20.5 Å². The van der Waals surface area contributed by atoms with Crippen LogP contribution in [0.5, 0.6) is 23.0 Å². The van der Waals surface area contributed by atoms with Crippen LogP contribution in [0.25, 0.3) is 22.1 Å². The molecule has 0 fully saturated rings. The minimum atomic E-state index is -0.417. The summed E-state index contributed by atoms with van der Waals surface area (Å²) in [6, 6.07) is 14.3. The minimum Gasteiger partial charge on any atom is -0.507 e. The first-order valence-corrected chi connectivity index (χ1v) is 12.1. The Hall–Kier alpha value is -3.91. The first-order chi connectivity index (χ1) is 16.9. The number of fused-ring (bicyclic) bond motifs is 3. The first-order valence-electron chi connectivity index (χ1n) is 10.8. The van der Waals surface area contributed by atoms with E-state index in [1.807, 2.05) is 30.5 Å². The molecule has 0 spiro atoms. The summed E-state index contributed by atoms with van der Waals surface area (Å²) in [5.41, 5.74) is 2.03. The second-order valence-electron chi connectivity index (χ2n) is 8.06. The number of benzene rings is 3. The van der Waals surface area contributed by atoms with Gasteiger partial charge in [0.1, 0.15) is 28.7 Å². The highest BCUT2D eigenvalue weighted by Gasteiger charge is 2.33. The molecule has 0 bridgehead atoms. The molecule has 0 amide bonds. The summed E-state index contributed by atoms with van der Waals surface area (Å²) in [4.78, 5) is 27.0. The van der Waals surface area contributed by atoms with Gasteiger partial charge >= 0.3 is 5.97 Å². The number of carbonyl (C=O) groups excluding carboxylic acids is 1. The van der Waals surface area contributed by atoms with E-state index in [1.165, 1.54) is 26.5 Å². The predicted octanol–water partition coefficient (Wildman–Crippen LogP) is 5.35. The molecule has 1 atom stereocenters. The van der Waals surface area contributed by atoms with E-state index in [0.717, 1.165) is 10.5 Å². The smallest absolute Gasteiger partial charge is 0.312 e. The molecule has 4 aromatic rings. The highest BCUT2D eigenvalue weighted by atomic mass is 32.2. The van der Waals surface area contributed by atoms with Gasteiger partial charge in [0.2, 0.25) is 5.43 Å². The number of ether oxygens (including phenoxy) is 3. The quantitative estimate of drug-likeness (QED) is 0.227. The average molecular weight is 491 g/mol. The summed E-state index contributed by atoms with van der Waals surface area (Å²) in [6.07, 6.45) is 3.44. The molecule has 0 saturated carbocycles. The number of esters is 1. The molecule has 3 aromatic carbocycles. The van der Waals surface area contributed by atoms with Crippen molar-refractivity contribution in [2.45, 2.75) is 17.2 Å². The standard InChI is InChI=1S/C27H22O7S/c1-31-20-9-6-15(10-21(20)32-2)18-13-33-27-24-17(14-4-7-16(35-3)8-5-14)11-23(29)34-22(24)12-19(28)25(27)26(18)30/h4-10,12-13,17,28H,11H2,1-3H3/t17-/m0/s1. The SMILES string of the molecule is COc1ccc(-c2coc3c4c(cc(O)c3c2=O)OC(=O)C[C@H]4c2ccc(SC)cc2)cc1OC. The van der Waals surface area contributed by atoms with E-state index in [0.29, 0.717) is 22.6 Å². The molecule has 35 heavy (non-hydrogen) atoms. The molecule has 0 aliphatic carbocycles. The van der Waals surface area contributed by atoms with Crippen LogP contribution < -0.4 is 19.6 Å². The van der Waals surface area contributed by atoms with Gasteiger partial charge in [-0.15, -0.1) is 11.8 Å². The maximum Gasteiger partial charge on any atom is 0.312 e. The van der Waals surface area contributed by atoms with Gasteiger partial charge < -0.3 is 23.7 Å². The van der Waals surface area contributed by atoms with Crippen LogP contribution in [0.3, 0.4) is 0 Å². The molecule has 8 heteroatoms. The maximum absolute atomic E-state index is 13.6. The zero-order valence-electron chi connectivity index (χ0n) is 19.3. The van der Waals surface area contributed by atoms with Crippen molar-refractivity contribution in [3.63, 3.8) is 0 Å². The molecular weight excluding hydrogens is 468 g/mol. The molecule has 1 aromatic heterocycles. The summed E-state index contributed by atoms with van der Waals surface area (Å²) < 4.78 is 22.1. The summed E-state index contributed by atoms with van der Waals surface area (Å²) in [5.74, 6) is 0.0448. The van der Waals surface area contributed by atoms with Crippen molar-refractivity contribution >= 4 is 28.7 Å². The Balaban J connectivity index is 1.72. The van der Waals surface area contributed by atoms with E-state index < -0.39 is 11.4 Å². The molecule has 178 valence electrons. The lowest BCUT2D eigenvalue weighted by Crippen LogP contribution is -2.22. The number of hydrogen-bond donors (Lipinski definition) is 1.